The molecule has 1 aliphatic carbocycles. The zero-order valence-corrected chi connectivity index (χ0v) is 14.3. The van der Waals surface area contributed by atoms with Gasteiger partial charge in [0.05, 0.1) is 29.6 Å². The number of aliphatic hydroxyl groups is 3. The second-order valence-electron chi connectivity index (χ2n) is 7.24. The van der Waals surface area contributed by atoms with Crippen molar-refractivity contribution in [3.05, 3.63) is 34.2 Å². The number of hydrogen-bond donors (Lipinski definition) is 3. The summed E-state index contributed by atoms with van der Waals surface area (Å²) in [6.45, 7) is 5.59. The van der Waals surface area contributed by atoms with E-state index in [1.807, 2.05) is 32.9 Å². The lowest BCUT2D eigenvalue weighted by Crippen LogP contribution is -2.43. The molecule has 134 valence electrons. The first-order chi connectivity index (χ1) is 11.2. The largest absolute Gasteiger partial charge is 0.491 e. The Hall–Kier alpha value is -1.70. The van der Waals surface area contributed by atoms with Crippen molar-refractivity contribution >= 4 is 0 Å². The van der Waals surface area contributed by atoms with Crippen molar-refractivity contribution < 1.29 is 20.1 Å². The van der Waals surface area contributed by atoms with E-state index in [0.29, 0.717) is 18.6 Å². The van der Waals surface area contributed by atoms with Gasteiger partial charge in [0.1, 0.15) is 18.5 Å². The number of ether oxygens (including phenoxy) is 1. The molecule has 0 spiro atoms. The minimum atomic E-state index is -0.878. The quantitative estimate of drug-likeness (QED) is 0.529. The van der Waals surface area contributed by atoms with Crippen LogP contribution in [0.25, 0.3) is 0 Å². The standard InChI is InChI=1S/C17H26N2O5/c1-17(2,3)19(18-23)9-12(20)10-24-16-6-4-5-11-7-14(21)15(22)8-13(11)16/h4-6,12,14-15,20-22H,7-10H2,1-3H3. The fourth-order valence-electron chi connectivity index (χ4n) is 2.74. The van der Waals surface area contributed by atoms with Crippen LogP contribution in [0.15, 0.2) is 23.5 Å². The summed E-state index contributed by atoms with van der Waals surface area (Å²) in [5.74, 6) is 0.582. The zero-order chi connectivity index (χ0) is 17.9. The second-order valence-corrected chi connectivity index (χ2v) is 7.24. The Kier molecular flexibility index (Phi) is 5.79. The van der Waals surface area contributed by atoms with E-state index < -0.39 is 23.9 Å². The van der Waals surface area contributed by atoms with Gasteiger partial charge in [-0.3, -0.25) is 5.01 Å². The molecule has 1 aromatic carbocycles. The van der Waals surface area contributed by atoms with Crippen molar-refractivity contribution in [2.75, 3.05) is 13.2 Å². The number of hydrogen-bond acceptors (Lipinski definition) is 6. The lowest BCUT2D eigenvalue weighted by Gasteiger charge is -2.31. The number of nitrogens with zero attached hydrogens (tertiary/aromatic N) is 2. The summed E-state index contributed by atoms with van der Waals surface area (Å²) in [5, 5.41) is 34.0. The Labute approximate surface area is 141 Å². The second kappa shape index (κ2) is 7.46. The molecule has 1 aliphatic rings. The van der Waals surface area contributed by atoms with Crippen LogP contribution in [0.1, 0.15) is 31.9 Å². The molecular weight excluding hydrogens is 312 g/mol. The maximum Gasteiger partial charge on any atom is 0.123 e. The fourth-order valence-corrected chi connectivity index (χ4v) is 2.74. The van der Waals surface area contributed by atoms with E-state index in [4.69, 9.17) is 4.74 Å². The smallest absolute Gasteiger partial charge is 0.123 e. The first-order valence-corrected chi connectivity index (χ1v) is 8.11. The molecule has 0 bridgehead atoms. The summed E-state index contributed by atoms with van der Waals surface area (Å²) in [7, 11) is 0. The summed E-state index contributed by atoms with van der Waals surface area (Å²) < 4.78 is 5.69. The Morgan fingerprint density at radius 2 is 1.96 bits per heavy atom. The van der Waals surface area contributed by atoms with Crippen molar-refractivity contribution in [2.45, 2.75) is 57.5 Å². The summed E-state index contributed by atoms with van der Waals surface area (Å²) in [5.41, 5.74) is 1.31. The van der Waals surface area contributed by atoms with Gasteiger partial charge in [-0.15, -0.1) is 4.91 Å². The topological polar surface area (TPSA) is 103 Å². The molecule has 0 saturated carbocycles. The third kappa shape index (κ3) is 4.43. The van der Waals surface area contributed by atoms with Gasteiger partial charge in [-0.25, -0.2) is 0 Å². The van der Waals surface area contributed by atoms with Crippen LogP contribution in [-0.4, -0.2) is 57.3 Å². The zero-order valence-electron chi connectivity index (χ0n) is 14.3. The molecule has 0 heterocycles. The molecule has 0 radical (unpaired) electrons. The minimum absolute atomic E-state index is 0.0111. The van der Waals surface area contributed by atoms with E-state index in [-0.39, 0.29) is 13.2 Å². The maximum atomic E-state index is 10.9. The lowest BCUT2D eigenvalue weighted by molar-refractivity contribution is 0.0123. The maximum absolute atomic E-state index is 10.9. The minimum Gasteiger partial charge on any atom is -0.491 e. The molecule has 3 unspecified atom stereocenters. The van der Waals surface area contributed by atoms with Crippen LogP contribution in [-0.2, 0) is 12.8 Å². The van der Waals surface area contributed by atoms with E-state index in [1.165, 1.54) is 5.01 Å². The predicted molar refractivity (Wildman–Crippen MR) is 89.6 cm³/mol. The average molecular weight is 338 g/mol. The van der Waals surface area contributed by atoms with Crippen LogP contribution in [0.2, 0.25) is 0 Å². The van der Waals surface area contributed by atoms with E-state index in [1.54, 1.807) is 6.07 Å². The van der Waals surface area contributed by atoms with Crippen LogP contribution in [0.5, 0.6) is 5.75 Å². The number of fused-ring (bicyclic) bond motifs is 1. The molecule has 1 aromatic rings. The number of benzene rings is 1. The Balaban J connectivity index is 2.00. The molecule has 0 aliphatic heterocycles. The number of aliphatic hydroxyl groups excluding tert-OH is 3. The number of rotatable bonds is 6. The molecule has 24 heavy (non-hydrogen) atoms. The summed E-state index contributed by atoms with van der Waals surface area (Å²) in [6, 6.07) is 5.49. The van der Waals surface area contributed by atoms with E-state index in [9.17, 15) is 20.2 Å². The molecule has 0 aromatic heterocycles. The lowest BCUT2D eigenvalue weighted by atomic mass is 9.87. The first-order valence-electron chi connectivity index (χ1n) is 8.11. The third-order valence-corrected chi connectivity index (χ3v) is 4.20. The monoisotopic (exact) mass is 338 g/mol. The van der Waals surface area contributed by atoms with Crippen molar-refractivity contribution in [1.29, 1.82) is 0 Å². The van der Waals surface area contributed by atoms with Crippen molar-refractivity contribution in [3.8, 4) is 5.75 Å². The van der Waals surface area contributed by atoms with Crippen LogP contribution in [0.4, 0.5) is 0 Å². The molecule has 7 heteroatoms. The average Bonchev–Trinajstić information content (AvgIpc) is 2.50. The predicted octanol–water partition coefficient (Wildman–Crippen LogP) is 1.03. The van der Waals surface area contributed by atoms with Gasteiger partial charge in [-0.2, -0.15) is 0 Å². The van der Waals surface area contributed by atoms with Gasteiger partial charge in [0.25, 0.3) is 0 Å². The fraction of sp³-hybridized carbons (Fsp3) is 0.647. The van der Waals surface area contributed by atoms with Gasteiger partial charge >= 0.3 is 0 Å². The highest BCUT2D eigenvalue weighted by Gasteiger charge is 2.28. The molecule has 0 saturated heterocycles. The normalized spacial score (nSPS) is 21.8. The van der Waals surface area contributed by atoms with Gasteiger partial charge in [-0.05, 0) is 32.4 Å². The van der Waals surface area contributed by atoms with Gasteiger partial charge in [-0.1, -0.05) is 12.1 Å². The molecule has 3 N–H and O–H groups in total. The van der Waals surface area contributed by atoms with Gasteiger partial charge in [0, 0.05) is 18.4 Å². The SMILES string of the molecule is CC(C)(C)N(CC(O)COc1cccc2c1CC(O)C(O)C2)N=O. The van der Waals surface area contributed by atoms with E-state index >= 15 is 0 Å². The third-order valence-electron chi connectivity index (χ3n) is 4.20. The van der Waals surface area contributed by atoms with E-state index in [0.717, 1.165) is 11.1 Å². The molecule has 0 amide bonds. The molecule has 7 nitrogen and oxygen atoms in total. The van der Waals surface area contributed by atoms with Gasteiger partial charge < -0.3 is 20.1 Å². The van der Waals surface area contributed by atoms with Crippen molar-refractivity contribution in [3.63, 3.8) is 0 Å². The molecule has 2 rings (SSSR count). The van der Waals surface area contributed by atoms with Crippen LogP contribution in [0, 0.1) is 4.91 Å². The summed E-state index contributed by atoms with van der Waals surface area (Å²) in [6.07, 6.45) is -1.77. The molecule has 3 atom stereocenters. The molecular formula is C17H26N2O5. The van der Waals surface area contributed by atoms with Gasteiger partial charge in [0.2, 0.25) is 0 Å². The van der Waals surface area contributed by atoms with Crippen LogP contribution >= 0.6 is 0 Å². The van der Waals surface area contributed by atoms with Gasteiger partial charge in [0.15, 0.2) is 0 Å². The van der Waals surface area contributed by atoms with Crippen molar-refractivity contribution in [2.24, 2.45) is 5.29 Å². The highest BCUT2D eigenvalue weighted by Crippen LogP contribution is 2.30. The number of β-amino-alcohol motifs (C(OH)–C–C–N with tert-alkyl or cyclic N) is 1. The molecule has 0 fully saturated rings. The summed E-state index contributed by atoms with van der Waals surface area (Å²) in [4.78, 5) is 10.9. The number of nitroso groups, excluding NO2 is 1. The van der Waals surface area contributed by atoms with Crippen LogP contribution in [0.3, 0.4) is 0 Å². The van der Waals surface area contributed by atoms with E-state index in [2.05, 4.69) is 5.29 Å². The summed E-state index contributed by atoms with van der Waals surface area (Å²) >= 11 is 0. The Bertz CT molecular complexity index is 573. The first kappa shape index (κ1) is 18.6. The van der Waals surface area contributed by atoms with Crippen molar-refractivity contribution in [1.82, 2.24) is 5.01 Å². The Morgan fingerprint density at radius 3 is 2.58 bits per heavy atom. The highest BCUT2D eigenvalue weighted by molar-refractivity contribution is 5.43. The van der Waals surface area contributed by atoms with Crippen LogP contribution < -0.4 is 4.74 Å². The Morgan fingerprint density at radius 1 is 1.29 bits per heavy atom. The highest BCUT2D eigenvalue weighted by atomic mass is 16.5.